The molecule has 4 aromatic rings. The number of halogens is 2. The van der Waals surface area contributed by atoms with Gasteiger partial charge in [0.25, 0.3) is 5.91 Å². The fourth-order valence-corrected chi connectivity index (χ4v) is 6.80. The summed E-state index contributed by atoms with van der Waals surface area (Å²) in [5.74, 6) is -3.64. The number of benzene rings is 4. The van der Waals surface area contributed by atoms with Crippen molar-refractivity contribution in [3.63, 3.8) is 0 Å². The Morgan fingerprint density at radius 3 is 2.04 bits per heavy atom. The first kappa shape index (κ1) is 37.0. The Kier molecular flexibility index (Phi) is 12.0. The van der Waals surface area contributed by atoms with Crippen molar-refractivity contribution in [3.05, 3.63) is 131 Å². The molecule has 0 bridgehead atoms. The molecule has 0 spiro atoms. The Morgan fingerprint density at radius 1 is 0.843 bits per heavy atom. The first-order valence-electron chi connectivity index (χ1n) is 15.8. The van der Waals surface area contributed by atoms with Crippen LogP contribution >= 0.6 is 11.8 Å². The smallest absolute Gasteiger partial charge is 0.328 e. The zero-order valence-electron chi connectivity index (χ0n) is 27.2. The van der Waals surface area contributed by atoms with Gasteiger partial charge in [0.05, 0.1) is 18.2 Å². The summed E-state index contributed by atoms with van der Waals surface area (Å²) in [6.45, 7) is 0.717. The van der Waals surface area contributed by atoms with E-state index in [0.29, 0.717) is 28.1 Å². The fourth-order valence-electron chi connectivity index (χ4n) is 5.50. The maximum atomic E-state index is 13.7. The number of ether oxygens (including phenoxy) is 1. The van der Waals surface area contributed by atoms with Crippen LogP contribution in [0.15, 0.2) is 103 Å². The van der Waals surface area contributed by atoms with E-state index in [0.717, 1.165) is 0 Å². The van der Waals surface area contributed by atoms with Gasteiger partial charge in [-0.05, 0) is 72.1 Å². The van der Waals surface area contributed by atoms with Gasteiger partial charge < -0.3 is 35.6 Å². The van der Waals surface area contributed by atoms with Gasteiger partial charge in [-0.3, -0.25) is 14.4 Å². The minimum Gasteiger partial charge on any atom is -0.484 e. The largest absolute Gasteiger partial charge is 0.484 e. The number of carboxylic acid groups (broad SMARTS) is 1. The molecule has 1 fully saturated rings. The average Bonchev–Trinajstić information content (AvgIpc) is 3.12. The number of aliphatic hydroxyl groups excluding tert-OH is 2. The number of carbonyl (C=O) groups excluding carboxylic acids is 3. The predicted molar refractivity (Wildman–Crippen MR) is 185 cm³/mol. The summed E-state index contributed by atoms with van der Waals surface area (Å²) in [5, 5.41) is 34.1. The Hall–Kier alpha value is -5.31. The van der Waals surface area contributed by atoms with Gasteiger partial charge in [-0.15, -0.1) is 11.8 Å². The average molecular weight is 720 g/mol. The number of rotatable bonds is 15. The molecule has 3 amide bonds. The Morgan fingerprint density at radius 2 is 1.45 bits per heavy atom. The Labute approximate surface area is 296 Å². The molecule has 0 aromatic heterocycles. The lowest BCUT2D eigenvalue weighted by Crippen LogP contribution is -2.57. The van der Waals surface area contributed by atoms with Crippen LogP contribution < -0.4 is 20.3 Å². The standard InChI is InChI=1S/C37H35F2N3O8S/c1-21(43)31(37(48)49)41-35(46)32(23-5-3-2-4-6-23)40-30(45)19-50-28-17-9-24(10-18-28)33-34(36(47)42(33)27-15-13-26(39)14-16-27)51-20-29(44)22-7-11-25(38)12-8-22/h2-18,21,29,31-34,43-44H,19-20H2,1H3,(H,40,45)(H,41,46)(H,48,49)/t21?,29?,31-,32+,33+,34+/m0/s1. The zero-order chi connectivity index (χ0) is 36.7. The van der Waals surface area contributed by atoms with Crippen molar-refractivity contribution in [2.45, 2.75) is 42.5 Å². The quantitative estimate of drug-likeness (QED) is 0.114. The Balaban J connectivity index is 1.26. The second kappa shape index (κ2) is 16.6. The maximum absolute atomic E-state index is 13.7. The molecule has 11 nitrogen and oxygen atoms in total. The molecule has 0 aliphatic carbocycles. The first-order chi connectivity index (χ1) is 24.4. The van der Waals surface area contributed by atoms with Gasteiger partial charge >= 0.3 is 5.97 Å². The molecule has 14 heteroatoms. The molecule has 4 aromatic carbocycles. The van der Waals surface area contributed by atoms with Crippen molar-refractivity contribution in [2.24, 2.45) is 0 Å². The lowest BCUT2D eigenvalue weighted by atomic mass is 9.92. The van der Waals surface area contributed by atoms with Gasteiger partial charge in [-0.25, -0.2) is 13.6 Å². The summed E-state index contributed by atoms with van der Waals surface area (Å²) in [5.41, 5.74) is 2.07. The van der Waals surface area contributed by atoms with Crippen molar-refractivity contribution in [3.8, 4) is 5.75 Å². The third-order valence-corrected chi connectivity index (χ3v) is 9.50. The predicted octanol–water partition coefficient (Wildman–Crippen LogP) is 4.07. The third-order valence-electron chi connectivity index (χ3n) is 8.18. The maximum Gasteiger partial charge on any atom is 0.328 e. The van der Waals surface area contributed by atoms with E-state index in [9.17, 15) is 43.3 Å². The van der Waals surface area contributed by atoms with E-state index < -0.39 is 71.6 Å². The normalized spacial score (nSPS) is 17.7. The number of anilines is 1. The number of β-lactam (4-membered cyclic amide) rings is 1. The molecule has 266 valence electrons. The van der Waals surface area contributed by atoms with Crippen LogP contribution in [0.25, 0.3) is 0 Å². The monoisotopic (exact) mass is 719 g/mol. The Bertz CT molecular complexity index is 1830. The van der Waals surface area contributed by atoms with Crippen LogP contribution in [0.5, 0.6) is 5.75 Å². The summed E-state index contributed by atoms with van der Waals surface area (Å²) in [6, 6.07) is 22.4. The van der Waals surface area contributed by atoms with Crippen LogP contribution in [-0.4, -0.2) is 68.8 Å². The topological polar surface area (TPSA) is 166 Å². The summed E-state index contributed by atoms with van der Waals surface area (Å²) in [7, 11) is 0. The number of aliphatic carboxylic acids is 1. The van der Waals surface area contributed by atoms with E-state index in [1.807, 2.05) is 0 Å². The molecule has 51 heavy (non-hydrogen) atoms. The van der Waals surface area contributed by atoms with E-state index in [4.69, 9.17) is 4.74 Å². The molecule has 2 unspecified atom stereocenters. The fraction of sp³-hybridized carbons (Fsp3) is 0.243. The highest BCUT2D eigenvalue weighted by atomic mass is 32.2. The van der Waals surface area contributed by atoms with Crippen LogP contribution in [0.4, 0.5) is 14.5 Å². The summed E-state index contributed by atoms with van der Waals surface area (Å²) < 4.78 is 32.7. The highest BCUT2D eigenvalue weighted by Crippen LogP contribution is 2.46. The summed E-state index contributed by atoms with van der Waals surface area (Å²) >= 11 is 1.24. The van der Waals surface area contributed by atoms with E-state index in [1.54, 1.807) is 54.6 Å². The lowest BCUT2D eigenvalue weighted by molar-refractivity contribution is -0.145. The minimum absolute atomic E-state index is 0.157. The van der Waals surface area contributed by atoms with Crippen molar-refractivity contribution in [1.82, 2.24) is 10.6 Å². The van der Waals surface area contributed by atoms with Crippen molar-refractivity contribution >= 4 is 41.1 Å². The number of aliphatic hydroxyl groups is 2. The lowest BCUT2D eigenvalue weighted by Gasteiger charge is -2.47. The van der Waals surface area contributed by atoms with Gasteiger partial charge in [0.1, 0.15) is 28.7 Å². The van der Waals surface area contributed by atoms with Crippen molar-refractivity contribution in [1.29, 1.82) is 0 Å². The molecule has 0 saturated carbocycles. The van der Waals surface area contributed by atoms with Crippen molar-refractivity contribution < 1.29 is 48.0 Å². The number of thioether (sulfide) groups is 1. The van der Waals surface area contributed by atoms with Gasteiger partial charge in [0, 0.05) is 11.4 Å². The minimum atomic E-state index is -1.60. The molecule has 5 rings (SSSR count). The van der Waals surface area contributed by atoms with Crippen LogP contribution in [0.2, 0.25) is 0 Å². The second-order valence-electron chi connectivity index (χ2n) is 11.8. The van der Waals surface area contributed by atoms with E-state index >= 15 is 0 Å². The molecule has 1 saturated heterocycles. The van der Waals surface area contributed by atoms with E-state index in [2.05, 4.69) is 10.6 Å². The molecule has 0 radical (unpaired) electrons. The van der Waals surface area contributed by atoms with Gasteiger partial charge in [0.15, 0.2) is 12.6 Å². The molecular weight excluding hydrogens is 684 g/mol. The van der Waals surface area contributed by atoms with Crippen LogP contribution in [0.1, 0.15) is 41.8 Å². The number of carbonyl (C=O) groups is 4. The first-order valence-corrected chi connectivity index (χ1v) is 16.9. The van der Waals surface area contributed by atoms with E-state index in [-0.39, 0.29) is 11.7 Å². The number of nitrogens with zero attached hydrogens (tertiary/aromatic N) is 1. The van der Waals surface area contributed by atoms with Gasteiger partial charge in [-0.1, -0.05) is 54.6 Å². The summed E-state index contributed by atoms with van der Waals surface area (Å²) in [4.78, 5) is 52.4. The summed E-state index contributed by atoms with van der Waals surface area (Å²) in [6.07, 6.45) is -2.34. The van der Waals surface area contributed by atoms with Crippen molar-refractivity contribution in [2.75, 3.05) is 17.3 Å². The SMILES string of the molecule is CC(O)[C@H](NC(=O)[C@H](NC(=O)COc1ccc([C@@H]2[C@@H](SCC(O)c3ccc(F)cc3)C(=O)N2c2ccc(F)cc2)cc1)c1ccccc1)C(=O)O. The molecule has 1 aliphatic rings. The highest BCUT2D eigenvalue weighted by Gasteiger charge is 2.49. The van der Waals surface area contributed by atoms with E-state index in [1.165, 1.54) is 72.1 Å². The molecular formula is C37H35F2N3O8S. The number of amides is 3. The molecule has 6 atom stereocenters. The number of hydrogen-bond donors (Lipinski definition) is 5. The number of carboxylic acids is 1. The zero-order valence-corrected chi connectivity index (χ0v) is 28.0. The van der Waals surface area contributed by atoms with Crippen LogP contribution in [0.3, 0.4) is 0 Å². The van der Waals surface area contributed by atoms with Crippen LogP contribution in [-0.2, 0) is 19.2 Å². The van der Waals surface area contributed by atoms with Crippen LogP contribution in [0, 0.1) is 11.6 Å². The van der Waals surface area contributed by atoms with Gasteiger partial charge in [0.2, 0.25) is 11.8 Å². The molecule has 1 aliphatic heterocycles. The second-order valence-corrected chi connectivity index (χ2v) is 13.0. The highest BCUT2D eigenvalue weighted by molar-refractivity contribution is 8.00. The number of nitrogens with one attached hydrogen (secondary N) is 2. The third kappa shape index (κ3) is 9.08. The number of hydrogen-bond acceptors (Lipinski definition) is 8. The molecule has 1 heterocycles. The molecule has 5 N–H and O–H groups in total. The van der Waals surface area contributed by atoms with Gasteiger partial charge in [-0.2, -0.15) is 0 Å².